The first-order valence-corrected chi connectivity index (χ1v) is 13.9. The van der Waals surface area contributed by atoms with Crippen molar-refractivity contribution in [3.8, 4) is 5.75 Å². The van der Waals surface area contributed by atoms with Gasteiger partial charge in [0.15, 0.2) is 0 Å². The van der Waals surface area contributed by atoms with Crippen molar-refractivity contribution in [3.05, 3.63) is 53.3 Å². The van der Waals surface area contributed by atoms with Crippen LogP contribution in [0.25, 0.3) is 0 Å². The molecule has 5 rings (SSSR count). The molecule has 2 aromatic rings. The van der Waals surface area contributed by atoms with Crippen LogP contribution in [0.4, 0.5) is 10.1 Å². The smallest absolute Gasteiger partial charge is 0.307 e. The summed E-state index contributed by atoms with van der Waals surface area (Å²) < 4.78 is 49.1. The largest absolute Gasteiger partial charge is 0.493 e. The van der Waals surface area contributed by atoms with Gasteiger partial charge in [0.1, 0.15) is 11.6 Å². The number of carbonyl (C=O) groups is 2. The van der Waals surface area contributed by atoms with Gasteiger partial charge in [0.2, 0.25) is 5.91 Å². The molecule has 2 heterocycles. The van der Waals surface area contributed by atoms with Crippen LogP contribution in [0, 0.1) is 17.7 Å². The van der Waals surface area contributed by atoms with E-state index in [0.29, 0.717) is 5.75 Å². The fourth-order valence-electron chi connectivity index (χ4n) is 5.74. The molecule has 1 saturated carbocycles. The number of likely N-dealkylation sites (tertiary alicyclic amines) is 1. The molecular weight excluding hydrogens is 501 g/mol. The Morgan fingerprint density at radius 3 is 2.76 bits per heavy atom. The predicted octanol–water partition coefficient (Wildman–Crippen LogP) is 2.88. The molecule has 2 aliphatic heterocycles. The molecule has 3 aliphatic rings. The third-order valence-electron chi connectivity index (χ3n) is 7.66. The first-order chi connectivity index (χ1) is 17.6. The summed E-state index contributed by atoms with van der Waals surface area (Å²) in [5.41, 5.74) is 1.17. The van der Waals surface area contributed by atoms with Gasteiger partial charge in [0, 0.05) is 31.5 Å². The number of fused-ring (bicyclic) bond motifs is 3. The summed E-state index contributed by atoms with van der Waals surface area (Å²) in [4.78, 5) is 27.9. The lowest BCUT2D eigenvalue weighted by atomic mass is 10.0. The van der Waals surface area contributed by atoms with E-state index in [0.717, 1.165) is 43.6 Å². The van der Waals surface area contributed by atoms with Gasteiger partial charge in [-0.3, -0.25) is 19.2 Å². The first-order valence-electron chi connectivity index (χ1n) is 12.4. The number of carboxylic acid groups (broad SMARTS) is 1. The van der Waals surface area contributed by atoms with Crippen molar-refractivity contribution in [1.29, 1.82) is 0 Å². The Balaban J connectivity index is 1.36. The topological polar surface area (TPSA) is 116 Å². The predicted molar refractivity (Wildman–Crippen MR) is 133 cm³/mol. The zero-order chi connectivity index (χ0) is 26.5. The number of hydrogen-bond donors (Lipinski definition) is 2. The van der Waals surface area contributed by atoms with Gasteiger partial charge in [-0.1, -0.05) is 13.0 Å². The van der Waals surface area contributed by atoms with Crippen molar-refractivity contribution >= 4 is 27.6 Å². The van der Waals surface area contributed by atoms with Crippen LogP contribution in [-0.4, -0.2) is 68.0 Å². The molecule has 0 spiro atoms. The zero-order valence-electron chi connectivity index (χ0n) is 20.7. The SMILES string of the molecule is CCN1CCC[C@@H]1C(=O)N(C)Cc1cc(F)ccc1S(=O)(=O)Nc1ccc2c(c1)OCC1C(C(=O)O)C21. The van der Waals surface area contributed by atoms with Gasteiger partial charge in [-0.25, -0.2) is 12.8 Å². The lowest BCUT2D eigenvalue weighted by Crippen LogP contribution is -2.43. The number of amides is 1. The quantitative estimate of drug-likeness (QED) is 0.538. The summed E-state index contributed by atoms with van der Waals surface area (Å²) in [5.74, 6) is -1.82. The molecule has 2 N–H and O–H groups in total. The fourth-order valence-corrected chi connectivity index (χ4v) is 7.01. The second kappa shape index (κ2) is 9.60. The maximum atomic E-state index is 14.2. The molecule has 1 saturated heterocycles. The number of likely N-dealkylation sites (N-methyl/N-ethyl adjacent to an activating group) is 2. The molecule has 9 nitrogen and oxygen atoms in total. The minimum Gasteiger partial charge on any atom is -0.493 e. The maximum absolute atomic E-state index is 14.2. The number of nitrogens with zero attached hydrogens (tertiary/aromatic N) is 2. The van der Waals surface area contributed by atoms with Crippen LogP contribution in [0.3, 0.4) is 0 Å². The van der Waals surface area contributed by atoms with Crippen molar-refractivity contribution in [2.24, 2.45) is 11.8 Å². The van der Waals surface area contributed by atoms with Crippen molar-refractivity contribution in [3.63, 3.8) is 0 Å². The van der Waals surface area contributed by atoms with Crippen molar-refractivity contribution in [2.75, 3.05) is 31.5 Å². The number of nitrogens with one attached hydrogen (secondary N) is 1. The average Bonchev–Trinajstić information content (AvgIpc) is 3.41. The standard InChI is InChI=1S/C26H30FN3O6S/c1-3-30-10-4-5-20(30)25(31)29(2)13-15-11-16(27)6-9-22(15)37(34,35)28-17-7-8-18-21(12-17)36-14-19-23(18)24(19)26(32)33/h6-9,11-12,19-20,23-24,28H,3-5,10,13-14H2,1-2H3,(H,32,33)/t19?,20-,23?,24?/m1/s1. The number of aliphatic carboxylic acids is 1. The molecular formula is C26H30FN3O6S. The second-order valence-electron chi connectivity index (χ2n) is 9.96. The van der Waals surface area contributed by atoms with Crippen LogP contribution >= 0.6 is 0 Å². The highest BCUT2D eigenvalue weighted by Gasteiger charge is 2.59. The number of carboxylic acids is 1. The van der Waals surface area contributed by atoms with Gasteiger partial charge in [0.05, 0.1) is 29.1 Å². The lowest BCUT2D eigenvalue weighted by molar-refractivity contribution is -0.139. The van der Waals surface area contributed by atoms with Gasteiger partial charge in [0.25, 0.3) is 10.0 Å². The van der Waals surface area contributed by atoms with Crippen LogP contribution in [0.15, 0.2) is 41.3 Å². The Labute approximate surface area is 215 Å². The molecule has 1 aliphatic carbocycles. The summed E-state index contributed by atoms with van der Waals surface area (Å²) in [7, 11) is -2.54. The van der Waals surface area contributed by atoms with E-state index in [2.05, 4.69) is 9.62 Å². The van der Waals surface area contributed by atoms with E-state index in [-0.39, 0.29) is 53.1 Å². The van der Waals surface area contributed by atoms with Crippen LogP contribution in [-0.2, 0) is 26.2 Å². The Morgan fingerprint density at radius 1 is 1.24 bits per heavy atom. The van der Waals surface area contributed by atoms with E-state index in [1.807, 2.05) is 6.92 Å². The highest BCUT2D eigenvalue weighted by atomic mass is 32.2. The fraction of sp³-hybridized carbons (Fsp3) is 0.462. The van der Waals surface area contributed by atoms with Crippen molar-refractivity contribution in [2.45, 2.75) is 43.2 Å². The molecule has 0 radical (unpaired) electrons. The number of anilines is 1. The van der Waals surface area contributed by atoms with Gasteiger partial charge < -0.3 is 14.7 Å². The number of hydrogen-bond acceptors (Lipinski definition) is 6. The molecule has 198 valence electrons. The number of rotatable bonds is 8. The Hall–Kier alpha value is -3.18. The third-order valence-corrected chi connectivity index (χ3v) is 9.14. The monoisotopic (exact) mass is 531 g/mol. The molecule has 2 aromatic carbocycles. The van der Waals surface area contributed by atoms with E-state index in [1.165, 1.54) is 11.0 Å². The summed E-state index contributed by atoms with van der Waals surface area (Å²) >= 11 is 0. The van der Waals surface area contributed by atoms with Crippen molar-refractivity contribution < 1.29 is 32.2 Å². The summed E-state index contributed by atoms with van der Waals surface area (Å²) in [6, 6.07) is 7.94. The highest BCUT2D eigenvalue weighted by molar-refractivity contribution is 7.92. The van der Waals surface area contributed by atoms with Gasteiger partial charge in [-0.2, -0.15) is 0 Å². The number of halogens is 1. The molecule has 37 heavy (non-hydrogen) atoms. The first kappa shape index (κ1) is 25.5. The highest BCUT2D eigenvalue weighted by Crippen LogP contribution is 2.59. The van der Waals surface area contributed by atoms with Gasteiger partial charge in [-0.15, -0.1) is 0 Å². The van der Waals surface area contributed by atoms with Crippen molar-refractivity contribution in [1.82, 2.24) is 9.80 Å². The zero-order valence-corrected chi connectivity index (χ0v) is 21.5. The average molecular weight is 532 g/mol. The summed E-state index contributed by atoms with van der Waals surface area (Å²) in [6.07, 6.45) is 1.66. The van der Waals surface area contributed by atoms with E-state index >= 15 is 0 Å². The molecule has 11 heteroatoms. The number of sulfonamides is 1. The Morgan fingerprint density at radius 2 is 2.03 bits per heavy atom. The molecule has 4 atom stereocenters. The normalized spacial score (nSPS) is 24.5. The van der Waals surface area contributed by atoms with Crippen LogP contribution < -0.4 is 9.46 Å². The molecule has 0 aromatic heterocycles. The van der Waals surface area contributed by atoms with E-state index in [4.69, 9.17) is 4.74 Å². The van der Waals surface area contributed by atoms with Crippen LogP contribution in [0.5, 0.6) is 5.75 Å². The third kappa shape index (κ3) is 4.77. The van der Waals surface area contributed by atoms with E-state index in [9.17, 15) is 27.5 Å². The summed E-state index contributed by atoms with van der Waals surface area (Å²) in [6.45, 7) is 3.79. The molecule has 1 amide bonds. The molecule has 3 unspecified atom stereocenters. The number of ether oxygens (including phenoxy) is 1. The maximum Gasteiger partial charge on any atom is 0.307 e. The van der Waals surface area contributed by atoms with E-state index < -0.39 is 27.7 Å². The van der Waals surface area contributed by atoms with E-state index in [1.54, 1.807) is 25.2 Å². The summed E-state index contributed by atoms with van der Waals surface area (Å²) in [5, 5.41) is 9.37. The molecule has 0 bridgehead atoms. The van der Waals surface area contributed by atoms with Crippen LogP contribution in [0.2, 0.25) is 0 Å². The van der Waals surface area contributed by atoms with Crippen LogP contribution in [0.1, 0.15) is 36.8 Å². The lowest BCUT2D eigenvalue weighted by Gasteiger charge is -2.27. The Kier molecular flexibility index (Phi) is 6.61. The molecule has 2 fully saturated rings. The number of carbonyl (C=O) groups excluding carboxylic acids is 1. The van der Waals surface area contributed by atoms with Gasteiger partial charge in [-0.05, 0) is 61.3 Å². The Bertz CT molecular complexity index is 1350. The minimum absolute atomic E-state index is 0.0617. The van der Waals surface area contributed by atoms with Gasteiger partial charge >= 0.3 is 5.97 Å². The second-order valence-corrected chi connectivity index (χ2v) is 11.6. The number of benzene rings is 2. The minimum atomic E-state index is -4.14.